The summed E-state index contributed by atoms with van der Waals surface area (Å²) >= 11 is 0. The maximum atomic E-state index is 12.8. The number of carbonyl (C=O) groups is 3. The summed E-state index contributed by atoms with van der Waals surface area (Å²) < 4.78 is 16.8. The van der Waals surface area contributed by atoms with E-state index in [-0.39, 0.29) is 37.5 Å². The van der Waals surface area contributed by atoms with E-state index in [0.29, 0.717) is 12.8 Å². The van der Waals surface area contributed by atoms with Crippen LogP contribution < -0.4 is 0 Å². The Bertz CT molecular complexity index is 1440. The third-order valence-electron chi connectivity index (χ3n) is 11.0. The highest BCUT2D eigenvalue weighted by Gasteiger charge is 2.19. The molecule has 0 radical (unpaired) electrons. The number of esters is 3. The van der Waals surface area contributed by atoms with Gasteiger partial charge in [-0.3, -0.25) is 14.4 Å². The van der Waals surface area contributed by atoms with E-state index in [1.54, 1.807) is 0 Å². The lowest BCUT2D eigenvalue weighted by molar-refractivity contribution is -0.167. The first-order valence-corrected chi connectivity index (χ1v) is 27.1. The number of ether oxygens (including phenoxy) is 3. The van der Waals surface area contributed by atoms with Gasteiger partial charge in [0, 0.05) is 19.3 Å². The van der Waals surface area contributed by atoms with Crippen LogP contribution in [0.3, 0.4) is 0 Å². The molecule has 0 heterocycles. The molecule has 0 bridgehead atoms. The van der Waals surface area contributed by atoms with Crippen LogP contribution in [0.2, 0.25) is 0 Å². The van der Waals surface area contributed by atoms with Crippen molar-refractivity contribution in [3.05, 3.63) is 122 Å². The Balaban J connectivity index is 4.49. The topological polar surface area (TPSA) is 78.9 Å². The van der Waals surface area contributed by atoms with Crippen molar-refractivity contribution in [2.24, 2.45) is 0 Å². The molecule has 378 valence electrons. The van der Waals surface area contributed by atoms with Gasteiger partial charge in [-0.2, -0.15) is 0 Å². The van der Waals surface area contributed by atoms with Crippen LogP contribution in [0.5, 0.6) is 0 Å². The average molecular weight is 927 g/mol. The monoisotopic (exact) mass is 927 g/mol. The van der Waals surface area contributed by atoms with Crippen molar-refractivity contribution in [1.29, 1.82) is 0 Å². The second-order valence-corrected chi connectivity index (χ2v) is 17.4. The molecule has 1 atom stereocenters. The van der Waals surface area contributed by atoms with Crippen molar-refractivity contribution in [3.8, 4) is 0 Å². The predicted molar refractivity (Wildman–Crippen MR) is 288 cm³/mol. The number of carbonyl (C=O) groups excluding carboxylic acids is 3. The quantitative estimate of drug-likeness (QED) is 0.0199. The van der Waals surface area contributed by atoms with Crippen LogP contribution in [-0.4, -0.2) is 37.2 Å². The number of rotatable bonds is 47. The summed E-state index contributed by atoms with van der Waals surface area (Å²) in [5.41, 5.74) is 0. The molecule has 0 spiro atoms. The third-order valence-corrected chi connectivity index (χ3v) is 11.0. The van der Waals surface area contributed by atoms with Gasteiger partial charge in [-0.15, -0.1) is 0 Å². The standard InChI is InChI=1S/C61H98O6/c1-4-7-10-13-16-19-22-25-27-29-31-33-34-36-39-42-45-48-51-54-60(63)66-57-58(56-65-59(62)53-50-47-44-41-38-24-21-18-15-12-9-6-3)67-61(64)55-52-49-46-43-40-37-35-32-30-28-26-23-20-17-14-11-8-5-2/h7,9-10,12,16,18-19,21,23,25-28,30-33,35,38,41,58H,4-6,8,11,13-15,17,20,22,24,29,34,36-37,39-40,42-57H2,1-3H3/b10-7-,12-9-,19-16-,21-18-,26-23-,27-25-,30-28-,33-31-,35-32-,41-38-. The highest BCUT2D eigenvalue weighted by Crippen LogP contribution is 2.13. The SMILES string of the molecule is CC/C=C\C/C=C\C/C=C\C/C=C\CCCCCCCCC(=O)OCC(COC(=O)CCCC/C=C\C/C=C\C/C=C\CC)OC(=O)CCCCCCC\C=C/C=C\C=C/CCCCCCC. The van der Waals surface area contributed by atoms with Crippen molar-refractivity contribution < 1.29 is 28.6 Å². The van der Waals surface area contributed by atoms with Gasteiger partial charge in [0.05, 0.1) is 0 Å². The lowest BCUT2D eigenvalue weighted by atomic mass is 10.1. The normalized spacial score (nSPS) is 13.1. The van der Waals surface area contributed by atoms with Gasteiger partial charge in [-0.25, -0.2) is 0 Å². The first-order valence-electron chi connectivity index (χ1n) is 27.1. The van der Waals surface area contributed by atoms with Crippen LogP contribution >= 0.6 is 0 Å². The predicted octanol–water partition coefficient (Wildman–Crippen LogP) is 18.1. The fraction of sp³-hybridized carbons (Fsp3) is 0.623. The molecule has 0 saturated carbocycles. The van der Waals surface area contributed by atoms with Crippen molar-refractivity contribution in [3.63, 3.8) is 0 Å². The molecule has 0 saturated heterocycles. The van der Waals surface area contributed by atoms with E-state index in [9.17, 15) is 14.4 Å². The lowest BCUT2D eigenvalue weighted by Gasteiger charge is -2.18. The maximum Gasteiger partial charge on any atom is 0.306 e. The number of hydrogen-bond donors (Lipinski definition) is 0. The van der Waals surface area contributed by atoms with E-state index in [1.807, 2.05) is 0 Å². The molecule has 6 nitrogen and oxygen atoms in total. The van der Waals surface area contributed by atoms with Crippen molar-refractivity contribution >= 4 is 17.9 Å². The van der Waals surface area contributed by atoms with Crippen LogP contribution in [0.4, 0.5) is 0 Å². The fourth-order valence-electron chi connectivity index (χ4n) is 6.98. The van der Waals surface area contributed by atoms with Gasteiger partial charge < -0.3 is 14.2 Å². The Hall–Kier alpha value is -4.19. The minimum Gasteiger partial charge on any atom is -0.462 e. The van der Waals surface area contributed by atoms with E-state index < -0.39 is 6.10 Å². The van der Waals surface area contributed by atoms with Crippen molar-refractivity contribution in [1.82, 2.24) is 0 Å². The summed E-state index contributed by atoms with van der Waals surface area (Å²) in [5, 5.41) is 0. The first-order chi connectivity index (χ1) is 33.0. The summed E-state index contributed by atoms with van der Waals surface area (Å²) in [6.45, 7) is 6.32. The van der Waals surface area contributed by atoms with Crippen molar-refractivity contribution in [2.75, 3.05) is 13.2 Å². The highest BCUT2D eigenvalue weighted by atomic mass is 16.6. The zero-order chi connectivity index (χ0) is 48.6. The molecular formula is C61H98O6. The van der Waals surface area contributed by atoms with Gasteiger partial charge in [0.15, 0.2) is 6.10 Å². The van der Waals surface area contributed by atoms with Gasteiger partial charge in [0.1, 0.15) is 13.2 Å². The average Bonchev–Trinajstić information content (AvgIpc) is 3.33. The van der Waals surface area contributed by atoms with Gasteiger partial charge >= 0.3 is 17.9 Å². The Morgan fingerprint density at radius 1 is 0.328 bits per heavy atom. The Kier molecular flexibility index (Phi) is 51.0. The van der Waals surface area contributed by atoms with E-state index in [4.69, 9.17) is 14.2 Å². The maximum absolute atomic E-state index is 12.8. The molecule has 0 rings (SSSR count). The minimum atomic E-state index is -0.814. The zero-order valence-electron chi connectivity index (χ0n) is 43.1. The molecule has 6 heteroatoms. The molecule has 0 aromatic heterocycles. The zero-order valence-corrected chi connectivity index (χ0v) is 43.1. The van der Waals surface area contributed by atoms with Crippen LogP contribution in [0.25, 0.3) is 0 Å². The second-order valence-electron chi connectivity index (χ2n) is 17.4. The molecular weight excluding hydrogens is 829 g/mol. The van der Waals surface area contributed by atoms with Gasteiger partial charge in [0.25, 0.3) is 0 Å². The summed E-state index contributed by atoms with van der Waals surface area (Å²) in [6.07, 6.45) is 74.7. The smallest absolute Gasteiger partial charge is 0.306 e. The molecule has 67 heavy (non-hydrogen) atoms. The van der Waals surface area contributed by atoms with Gasteiger partial charge in [0.2, 0.25) is 0 Å². The van der Waals surface area contributed by atoms with E-state index >= 15 is 0 Å². The van der Waals surface area contributed by atoms with Crippen LogP contribution in [-0.2, 0) is 28.6 Å². The molecule has 0 aromatic carbocycles. The van der Waals surface area contributed by atoms with Crippen molar-refractivity contribution in [2.45, 2.75) is 232 Å². The molecule has 0 aliphatic carbocycles. The molecule has 1 unspecified atom stereocenters. The lowest BCUT2D eigenvalue weighted by Crippen LogP contribution is -2.30. The Labute approximate surface area is 412 Å². The molecule has 0 fully saturated rings. The Morgan fingerprint density at radius 2 is 0.642 bits per heavy atom. The van der Waals surface area contributed by atoms with E-state index in [0.717, 1.165) is 141 Å². The highest BCUT2D eigenvalue weighted by molar-refractivity contribution is 5.71. The third kappa shape index (κ3) is 52.6. The fourth-order valence-corrected chi connectivity index (χ4v) is 6.98. The Morgan fingerprint density at radius 3 is 1.06 bits per heavy atom. The summed E-state index contributed by atoms with van der Waals surface area (Å²) in [5.74, 6) is -0.989. The molecule has 0 aliphatic rings. The molecule has 0 N–H and O–H groups in total. The molecule has 0 amide bonds. The van der Waals surface area contributed by atoms with Crippen LogP contribution in [0.1, 0.15) is 226 Å². The molecule has 0 aliphatic heterocycles. The summed E-state index contributed by atoms with van der Waals surface area (Å²) in [6, 6.07) is 0. The molecule has 0 aromatic rings. The van der Waals surface area contributed by atoms with E-state index in [1.165, 1.54) is 44.9 Å². The van der Waals surface area contributed by atoms with Gasteiger partial charge in [-0.1, -0.05) is 213 Å². The van der Waals surface area contributed by atoms with Gasteiger partial charge in [-0.05, 0) is 116 Å². The number of hydrogen-bond acceptors (Lipinski definition) is 6. The first kappa shape index (κ1) is 62.8. The second kappa shape index (κ2) is 54.4. The van der Waals surface area contributed by atoms with E-state index in [2.05, 4.69) is 142 Å². The van der Waals surface area contributed by atoms with Crippen LogP contribution in [0.15, 0.2) is 122 Å². The summed E-state index contributed by atoms with van der Waals surface area (Å²) in [4.78, 5) is 38.0. The number of unbranched alkanes of at least 4 members (excludes halogenated alkanes) is 18. The van der Waals surface area contributed by atoms with Crippen LogP contribution in [0, 0.1) is 0 Å². The number of allylic oxidation sites excluding steroid dienone is 20. The summed E-state index contributed by atoms with van der Waals surface area (Å²) in [7, 11) is 0. The largest absolute Gasteiger partial charge is 0.462 e. The minimum absolute atomic E-state index is 0.110.